The molecule has 0 atom stereocenters. The van der Waals surface area contributed by atoms with Crippen molar-refractivity contribution < 1.29 is 19.2 Å². The van der Waals surface area contributed by atoms with E-state index in [2.05, 4.69) is 4.98 Å². The van der Waals surface area contributed by atoms with Gasteiger partial charge in [0.05, 0.1) is 11.1 Å². The number of likely N-dealkylation sites (tertiary alicyclic amines) is 1. The van der Waals surface area contributed by atoms with Crippen LogP contribution in [0.4, 0.5) is 5.69 Å². The summed E-state index contributed by atoms with van der Waals surface area (Å²) in [5, 5.41) is 0. The van der Waals surface area contributed by atoms with Gasteiger partial charge in [0.15, 0.2) is 0 Å². The summed E-state index contributed by atoms with van der Waals surface area (Å²) in [4.78, 5) is 60.7. The highest BCUT2D eigenvalue weighted by Crippen LogP contribution is 2.30. The Kier molecular flexibility index (Phi) is 6.27. The Labute approximate surface area is 220 Å². The summed E-state index contributed by atoms with van der Waals surface area (Å²) in [6.07, 6.45) is 6.21. The Balaban J connectivity index is 1.03. The Morgan fingerprint density at radius 1 is 0.842 bits per heavy atom. The molecule has 0 spiro atoms. The Morgan fingerprint density at radius 3 is 2.24 bits per heavy atom. The molecule has 1 fully saturated rings. The van der Waals surface area contributed by atoms with Gasteiger partial charge in [-0.15, -0.1) is 0 Å². The van der Waals surface area contributed by atoms with Gasteiger partial charge in [-0.1, -0.05) is 30.3 Å². The molecule has 0 radical (unpaired) electrons. The third-order valence-electron chi connectivity index (χ3n) is 7.87. The lowest BCUT2D eigenvalue weighted by atomic mass is 9.95. The van der Waals surface area contributed by atoms with E-state index in [1.807, 2.05) is 33.7 Å². The standard InChI is InChI=1S/C29H29N5O4/c35-25(9-10-26(36)33-17-13-20-5-1-4-8-24(20)33)31-15-11-21(12-16-31)27-30-14-18-32(27)19-34-28(37)22-6-2-3-7-23(22)29(34)38/h1-8,14,18,21H,9-13,15-17,19H2. The highest BCUT2D eigenvalue weighted by atomic mass is 16.2. The van der Waals surface area contributed by atoms with E-state index in [9.17, 15) is 19.2 Å². The quantitative estimate of drug-likeness (QED) is 0.474. The number of nitrogens with zero attached hydrogens (tertiary/aromatic N) is 5. The number of imidazole rings is 1. The summed E-state index contributed by atoms with van der Waals surface area (Å²) in [6, 6.07) is 14.8. The Hall–Kier alpha value is -4.27. The van der Waals surface area contributed by atoms with Crippen LogP contribution in [0.15, 0.2) is 60.9 Å². The van der Waals surface area contributed by atoms with Crippen LogP contribution in [0.5, 0.6) is 0 Å². The van der Waals surface area contributed by atoms with Crippen LogP contribution < -0.4 is 4.90 Å². The van der Waals surface area contributed by atoms with Crippen molar-refractivity contribution in [3.05, 3.63) is 83.4 Å². The van der Waals surface area contributed by atoms with Gasteiger partial charge in [0.2, 0.25) is 11.8 Å². The van der Waals surface area contributed by atoms with E-state index < -0.39 is 0 Å². The summed E-state index contributed by atoms with van der Waals surface area (Å²) in [7, 11) is 0. The summed E-state index contributed by atoms with van der Waals surface area (Å²) in [5.41, 5.74) is 3.00. The van der Waals surface area contributed by atoms with Gasteiger partial charge in [-0.3, -0.25) is 24.1 Å². The number of piperidine rings is 1. The number of amides is 4. The second-order valence-corrected chi connectivity index (χ2v) is 10.1. The topological polar surface area (TPSA) is 95.8 Å². The van der Waals surface area contributed by atoms with Crippen LogP contribution >= 0.6 is 0 Å². The average molecular weight is 512 g/mol. The van der Waals surface area contributed by atoms with Gasteiger partial charge in [0.25, 0.3) is 11.8 Å². The molecule has 194 valence electrons. The number of carbonyl (C=O) groups excluding carboxylic acids is 4. The molecule has 0 saturated carbocycles. The number of carbonyl (C=O) groups is 4. The molecule has 4 amide bonds. The number of benzene rings is 2. The van der Waals surface area contributed by atoms with Crippen LogP contribution in [0.1, 0.15) is 63.7 Å². The molecule has 3 aliphatic rings. The molecule has 0 bridgehead atoms. The van der Waals surface area contributed by atoms with Crippen LogP contribution in [-0.2, 0) is 22.7 Å². The highest BCUT2D eigenvalue weighted by molar-refractivity contribution is 6.21. The average Bonchev–Trinajstić information content (AvgIpc) is 3.66. The van der Waals surface area contributed by atoms with Crippen LogP contribution in [0, 0.1) is 0 Å². The molecule has 1 saturated heterocycles. The van der Waals surface area contributed by atoms with Crippen molar-refractivity contribution in [2.24, 2.45) is 0 Å². The lowest BCUT2D eigenvalue weighted by Gasteiger charge is -2.32. The molecule has 1 aromatic heterocycles. The highest BCUT2D eigenvalue weighted by Gasteiger charge is 2.36. The van der Waals surface area contributed by atoms with Crippen LogP contribution in [0.2, 0.25) is 0 Å². The number of fused-ring (bicyclic) bond motifs is 2. The van der Waals surface area contributed by atoms with E-state index in [1.165, 1.54) is 10.5 Å². The second-order valence-electron chi connectivity index (χ2n) is 10.1. The SMILES string of the molecule is O=C(CCC(=O)N1CCc2ccccc21)N1CCC(c2nccn2CN2C(=O)c3ccccc3C2=O)CC1. The zero-order valence-corrected chi connectivity index (χ0v) is 21.1. The minimum atomic E-state index is -0.294. The van der Waals surface area contributed by atoms with Crippen molar-refractivity contribution in [3.8, 4) is 0 Å². The number of aromatic nitrogens is 2. The molecule has 0 unspecified atom stereocenters. The smallest absolute Gasteiger partial charge is 0.263 e. The molecule has 0 aliphatic carbocycles. The fraction of sp³-hybridized carbons (Fsp3) is 0.345. The zero-order chi connectivity index (χ0) is 26.2. The van der Waals surface area contributed by atoms with Crippen molar-refractivity contribution in [1.29, 1.82) is 0 Å². The fourth-order valence-corrected chi connectivity index (χ4v) is 5.81. The normalized spacial score (nSPS) is 17.2. The number of imide groups is 1. The van der Waals surface area contributed by atoms with Gasteiger partial charge in [0.1, 0.15) is 12.5 Å². The molecule has 9 nitrogen and oxygen atoms in total. The van der Waals surface area contributed by atoms with E-state index in [0.717, 1.165) is 30.8 Å². The molecule has 3 aliphatic heterocycles. The molecule has 38 heavy (non-hydrogen) atoms. The molecular formula is C29H29N5O4. The van der Waals surface area contributed by atoms with Crippen molar-refractivity contribution in [3.63, 3.8) is 0 Å². The number of hydrogen-bond acceptors (Lipinski definition) is 5. The lowest BCUT2D eigenvalue weighted by Crippen LogP contribution is -2.39. The first-order valence-corrected chi connectivity index (χ1v) is 13.1. The zero-order valence-electron chi connectivity index (χ0n) is 21.1. The van der Waals surface area contributed by atoms with Gasteiger partial charge in [-0.2, -0.15) is 0 Å². The first-order valence-electron chi connectivity index (χ1n) is 13.1. The molecule has 0 N–H and O–H groups in total. The van der Waals surface area contributed by atoms with E-state index >= 15 is 0 Å². The number of anilines is 1. The minimum absolute atomic E-state index is 0.00125. The monoisotopic (exact) mass is 511 g/mol. The Bertz CT molecular complexity index is 1390. The van der Waals surface area contributed by atoms with Gasteiger partial charge in [-0.25, -0.2) is 4.98 Å². The van der Waals surface area contributed by atoms with Gasteiger partial charge in [0, 0.05) is 56.5 Å². The first-order chi connectivity index (χ1) is 18.5. The summed E-state index contributed by atoms with van der Waals surface area (Å²) < 4.78 is 1.86. The first kappa shape index (κ1) is 24.1. The van der Waals surface area contributed by atoms with Crippen LogP contribution in [-0.4, -0.2) is 62.6 Å². The van der Waals surface area contributed by atoms with Crippen molar-refractivity contribution in [1.82, 2.24) is 19.4 Å². The molecule has 6 rings (SSSR count). The third-order valence-corrected chi connectivity index (χ3v) is 7.87. The summed E-state index contributed by atoms with van der Waals surface area (Å²) in [6.45, 7) is 1.96. The predicted molar refractivity (Wildman–Crippen MR) is 139 cm³/mol. The fourth-order valence-electron chi connectivity index (χ4n) is 5.81. The van der Waals surface area contributed by atoms with Crippen LogP contribution in [0.25, 0.3) is 0 Å². The maximum Gasteiger partial charge on any atom is 0.263 e. The van der Waals surface area contributed by atoms with Crippen molar-refractivity contribution in [2.75, 3.05) is 24.5 Å². The minimum Gasteiger partial charge on any atom is -0.343 e. The molecule has 4 heterocycles. The number of rotatable bonds is 6. The second kappa shape index (κ2) is 9.89. The van der Waals surface area contributed by atoms with E-state index in [4.69, 9.17) is 0 Å². The predicted octanol–water partition coefficient (Wildman–Crippen LogP) is 3.21. The van der Waals surface area contributed by atoms with Gasteiger partial charge >= 0.3 is 0 Å². The maximum absolute atomic E-state index is 12.9. The van der Waals surface area contributed by atoms with Crippen LogP contribution in [0.3, 0.4) is 0 Å². The molecule has 3 aromatic rings. The Morgan fingerprint density at radius 2 is 1.50 bits per heavy atom. The van der Waals surface area contributed by atoms with Gasteiger partial charge in [-0.05, 0) is 43.0 Å². The summed E-state index contributed by atoms with van der Waals surface area (Å²) >= 11 is 0. The molecule has 9 heteroatoms. The van der Waals surface area contributed by atoms with Crippen molar-refractivity contribution >= 4 is 29.3 Å². The largest absolute Gasteiger partial charge is 0.343 e. The third kappa shape index (κ3) is 4.27. The maximum atomic E-state index is 12.9. The van der Waals surface area contributed by atoms with Gasteiger partial charge < -0.3 is 14.4 Å². The van der Waals surface area contributed by atoms with E-state index in [-0.39, 0.29) is 49.1 Å². The number of hydrogen-bond donors (Lipinski definition) is 0. The lowest BCUT2D eigenvalue weighted by molar-refractivity contribution is -0.134. The van der Waals surface area contributed by atoms with Crippen molar-refractivity contribution in [2.45, 2.75) is 44.7 Å². The van der Waals surface area contributed by atoms with E-state index in [0.29, 0.717) is 30.8 Å². The molecule has 2 aromatic carbocycles. The molecular weight excluding hydrogens is 482 g/mol. The van der Waals surface area contributed by atoms with E-state index in [1.54, 1.807) is 41.6 Å². The number of para-hydroxylation sites is 1. The summed E-state index contributed by atoms with van der Waals surface area (Å²) in [5.74, 6) is 0.339.